The van der Waals surface area contributed by atoms with Crippen molar-refractivity contribution in [3.8, 4) is 0 Å². The predicted molar refractivity (Wildman–Crippen MR) is 368 cm³/mol. The average Bonchev–Trinajstić information content (AvgIpc) is 3.63. The maximum Gasteiger partial charge on any atom is 0.472 e. The second-order valence-electron chi connectivity index (χ2n) is 26.9. The van der Waals surface area contributed by atoms with E-state index in [0.717, 1.165) is 108 Å². The molecule has 0 aromatic rings. The number of esters is 4. The van der Waals surface area contributed by atoms with Gasteiger partial charge in [0, 0.05) is 25.7 Å². The van der Waals surface area contributed by atoms with Gasteiger partial charge in [-0.05, 0) is 37.5 Å². The summed E-state index contributed by atoms with van der Waals surface area (Å²) in [6, 6.07) is 0. The van der Waals surface area contributed by atoms with Crippen molar-refractivity contribution in [2.45, 2.75) is 387 Å². The van der Waals surface area contributed by atoms with Gasteiger partial charge in [0.25, 0.3) is 0 Å². The molecule has 0 spiro atoms. The topological polar surface area (TPSA) is 237 Å². The molecule has 0 rings (SSSR count). The summed E-state index contributed by atoms with van der Waals surface area (Å²) >= 11 is 0. The molecule has 0 aliphatic heterocycles. The number of phosphoric acid groups is 2. The van der Waals surface area contributed by atoms with Crippen LogP contribution in [0.4, 0.5) is 0 Å². The Kier molecular flexibility index (Phi) is 62.7. The van der Waals surface area contributed by atoms with Crippen molar-refractivity contribution in [2.24, 2.45) is 11.8 Å². The standard InChI is InChI=1S/C72H140O17P2/c1-7-9-11-13-15-17-31-38-44-50-56-71(76)88-67(60-82-69(74)54-48-42-36-16-14-12-10-8-2)62-86-90(78,79)84-58-66(73)59-85-91(80,81)87-63-68(61-83-70(75)55-49-43-37-32-28-24-26-30-35-41-47-53-65(5)6)89-72(77)57-51-45-39-33-27-23-21-19-18-20-22-25-29-34-40-46-52-64(3)4/h64-68,73H,7-63H2,1-6H3,(H,78,79)(H,80,81)/t66-,67+,68+/m0/s1. The molecule has 0 amide bonds. The van der Waals surface area contributed by atoms with Crippen LogP contribution in [0.15, 0.2) is 0 Å². The van der Waals surface area contributed by atoms with E-state index >= 15 is 0 Å². The molecule has 0 aromatic carbocycles. The van der Waals surface area contributed by atoms with Gasteiger partial charge < -0.3 is 33.8 Å². The summed E-state index contributed by atoms with van der Waals surface area (Å²) in [5, 5.41) is 10.6. The highest BCUT2D eigenvalue weighted by molar-refractivity contribution is 7.47. The lowest BCUT2D eigenvalue weighted by Crippen LogP contribution is -2.30. The molecular weight excluding hydrogens is 1200 g/mol. The third-order valence-electron chi connectivity index (χ3n) is 16.7. The first-order valence-corrected chi connectivity index (χ1v) is 40.5. The number of aliphatic hydroxyl groups is 1. The fraction of sp³-hybridized carbons (Fsp3) is 0.944. The van der Waals surface area contributed by atoms with E-state index in [1.54, 1.807) is 0 Å². The van der Waals surface area contributed by atoms with Gasteiger partial charge in [0.1, 0.15) is 19.3 Å². The zero-order valence-electron chi connectivity index (χ0n) is 59.1. The van der Waals surface area contributed by atoms with Gasteiger partial charge in [0.15, 0.2) is 12.2 Å². The second kappa shape index (κ2) is 64.1. The van der Waals surface area contributed by atoms with E-state index in [1.165, 1.54) is 180 Å². The van der Waals surface area contributed by atoms with E-state index in [1.807, 2.05) is 0 Å². The molecule has 0 aliphatic carbocycles. The van der Waals surface area contributed by atoms with E-state index in [0.29, 0.717) is 25.7 Å². The molecule has 3 N–H and O–H groups in total. The number of aliphatic hydroxyl groups excluding tert-OH is 1. The monoisotopic (exact) mass is 1340 g/mol. The largest absolute Gasteiger partial charge is 0.472 e. The molecule has 0 bridgehead atoms. The van der Waals surface area contributed by atoms with Crippen LogP contribution in [-0.4, -0.2) is 96.7 Å². The Bertz CT molecular complexity index is 1770. The third-order valence-corrected chi connectivity index (χ3v) is 18.6. The van der Waals surface area contributed by atoms with Crippen molar-refractivity contribution in [3.63, 3.8) is 0 Å². The van der Waals surface area contributed by atoms with Gasteiger partial charge in [-0.2, -0.15) is 0 Å². The predicted octanol–water partition coefficient (Wildman–Crippen LogP) is 20.8. The first-order valence-electron chi connectivity index (χ1n) is 37.5. The first kappa shape index (κ1) is 89.1. The highest BCUT2D eigenvalue weighted by Crippen LogP contribution is 2.45. The quantitative estimate of drug-likeness (QED) is 0.0222. The summed E-state index contributed by atoms with van der Waals surface area (Å²) in [6.45, 7) is 9.56. The van der Waals surface area contributed by atoms with Crippen LogP contribution in [0, 0.1) is 11.8 Å². The van der Waals surface area contributed by atoms with E-state index in [2.05, 4.69) is 41.5 Å². The lowest BCUT2D eigenvalue weighted by atomic mass is 10.0. The highest BCUT2D eigenvalue weighted by atomic mass is 31.2. The molecule has 0 radical (unpaired) electrons. The van der Waals surface area contributed by atoms with Gasteiger partial charge in [-0.15, -0.1) is 0 Å². The van der Waals surface area contributed by atoms with Crippen LogP contribution in [0.1, 0.15) is 369 Å². The summed E-state index contributed by atoms with van der Waals surface area (Å²) in [5.74, 6) is -0.543. The smallest absolute Gasteiger partial charge is 0.462 e. The van der Waals surface area contributed by atoms with Gasteiger partial charge in [-0.25, -0.2) is 9.13 Å². The number of carbonyl (C=O) groups is 4. The minimum atomic E-state index is -4.95. The van der Waals surface area contributed by atoms with Crippen molar-refractivity contribution in [3.05, 3.63) is 0 Å². The van der Waals surface area contributed by atoms with E-state index < -0.39 is 97.5 Å². The molecule has 0 fully saturated rings. The Morgan fingerprint density at radius 3 is 0.747 bits per heavy atom. The SMILES string of the molecule is CCCCCCCCCCCCC(=O)O[C@H](COC(=O)CCCCCCCCCC)COP(=O)(O)OC[C@H](O)COP(=O)(O)OC[C@@H](COC(=O)CCCCCCCCCCCCCC(C)C)OC(=O)CCCCCCCCCCCCCCCCCCC(C)C. The molecule has 17 nitrogen and oxygen atoms in total. The Morgan fingerprint density at radius 1 is 0.297 bits per heavy atom. The van der Waals surface area contributed by atoms with Crippen LogP contribution in [0.3, 0.4) is 0 Å². The molecule has 0 saturated heterocycles. The fourth-order valence-corrected chi connectivity index (χ4v) is 12.5. The highest BCUT2D eigenvalue weighted by Gasteiger charge is 2.30. The van der Waals surface area contributed by atoms with Gasteiger partial charge in [0.05, 0.1) is 26.4 Å². The number of hydrogen-bond donors (Lipinski definition) is 3. The van der Waals surface area contributed by atoms with Crippen molar-refractivity contribution in [2.75, 3.05) is 39.6 Å². The molecule has 0 aromatic heterocycles. The number of phosphoric ester groups is 2. The minimum absolute atomic E-state index is 0.106. The summed E-state index contributed by atoms with van der Waals surface area (Å²) in [6.07, 6.45) is 50.0. The van der Waals surface area contributed by atoms with Crippen LogP contribution in [0.5, 0.6) is 0 Å². The van der Waals surface area contributed by atoms with E-state index in [4.69, 9.17) is 37.0 Å². The van der Waals surface area contributed by atoms with Crippen LogP contribution >= 0.6 is 15.6 Å². The van der Waals surface area contributed by atoms with Crippen molar-refractivity contribution >= 4 is 39.5 Å². The Labute approximate surface area is 556 Å². The summed E-state index contributed by atoms with van der Waals surface area (Å²) in [5.41, 5.74) is 0. The zero-order valence-corrected chi connectivity index (χ0v) is 60.9. The van der Waals surface area contributed by atoms with E-state index in [-0.39, 0.29) is 25.7 Å². The molecule has 0 aliphatic rings. The second-order valence-corrected chi connectivity index (χ2v) is 29.8. The Hall–Kier alpha value is -1.94. The van der Waals surface area contributed by atoms with Crippen LogP contribution < -0.4 is 0 Å². The Morgan fingerprint density at radius 2 is 0.505 bits per heavy atom. The minimum Gasteiger partial charge on any atom is -0.462 e. The van der Waals surface area contributed by atoms with Crippen LogP contribution in [-0.2, 0) is 65.4 Å². The van der Waals surface area contributed by atoms with Gasteiger partial charge in [-0.3, -0.25) is 37.3 Å². The number of hydrogen-bond acceptors (Lipinski definition) is 15. The molecule has 2 unspecified atom stereocenters. The summed E-state index contributed by atoms with van der Waals surface area (Å²) in [4.78, 5) is 72.5. The van der Waals surface area contributed by atoms with Gasteiger partial charge in [0.2, 0.25) is 0 Å². The van der Waals surface area contributed by atoms with Crippen molar-refractivity contribution in [1.29, 1.82) is 0 Å². The first-order chi connectivity index (χ1) is 43.9. The maximum atomic E-state index is 13.0. The maximum absolute atomic E-state index is 13.0. The molecular formula is C72H140O17P2. The third kappa shape index (κ3) is 66.5. The molecule has 5 atom stereocenters. The number of unbranched alkanes of at least 4 members (excludes halogenated alkanes) is 41. The zero-order chi connectivity index (χ0) is 67.2. The Balaban J connectivity index is 5.19. The summed E-state index contributed by atoms with van der Waals surface area (Å²) < 4.78 is 68.3. The van der Waals surface area contributed by atoms with Crippen molar-refractivity contribution in [1.82, 2.24) is 0 Å². The lowest BCUT2D eigenvalue weighted by molar-refractivity contribution is -0.161. The average molecular weight is 1340 g/mol. The molecule has 19 heteroatoms. The lowest BCUT2D eigenvalue weighted by Gasteiger charge is -2.21. The van der Waals surface area contributed by atoms with Gasteiger partial charge >= 0.3 is 39.5 Å². The van der Waals surface area contributed by atoms with Crippen LogP contribution in [0.2, 0.25) is 0 Å². The molecule has 0 heterocycles. The molecule has 91 heavy (non-hydrogen) atoms. The number of carbonyl (C=O) groups excluding carboxylic acids is 4. The normalized spacial score (nSPS) is 14.1. The van der Waals surface area contributed by atoms with E-state index in [9.17, 15) is 43.2 Å². The summed E-state index contributed by atoms with van der Waals surface area (Å²) in [7, 11) is -9.90. The van der Waals surface area contributed by atoms with Crippen molar-refractivity contribution < 1.29 is 80.2 Å². The van der Waals surface area contributed by atoms with Gasteiger partial charge in [-0.1, -0.05) is 318 Å². The van der Waals surface area contributed by atoms with Crippen LogP contribution in [0.25, 0.3) is 0 Å². The molecule has 540 valence electrons. The fourth-order valence-electron chi connectivity index (χ4n) is 10.9. The molecule has 0 saturated carbocycles. The number of rotatable bonds is 71. The number of ether oxygens (including phenoxy) is 4.